The van der Waals surface area contributed by atoms with Gasteiger partial charge in [-0.1, -0.05) is 30.1 Å². The first-order valence-electron chi connectivity index (χ1n) is 5.14. The molecule has 0 spiro atoms. The van der Waals surface area contributed by atoms with Gasteiger partial charge in [-0.2, -0.15) is 0 Å². The van der Waals surface area contributed by atoms with Gasteiger partial charge in [0.25, 0.3) is 0 Å². The summed E-state index contributed by atoms with van der Waals surface area (Å²) < 4.78 is 0.369. The highest BCUT2D eigenvalue weighted by Crippen LogP contribution is 2.57. The lowest BCUT2D eigenvalue weighted by Crippen LogP contribution is -2.20. The molecule has 1 fully saturated rings. The lowest BCUT2D eigenvalue weighted by Gasteiger charge is -2.07. The summed E-state index contributed by atoms with van der Waals surface area (Å²) in [5.74, 6) is -1.58. The van der Waals surface area contributed by atoms with Crippen LogP contribution in [-0.2, 0) is 4.79 Å². The summed E-state index contributed by atoms with van der Waals surface area (Å²) >= 11 is 12.9. The topological polar surface area (TPSA) is 54.4 Å². The van der Waals surface area contributed by atoms with Crippen LogP contribution in [0, 0.1) is 11.3 Å². The number of carbonyl (C=O) groups is 2. The molecule has 0 aromatic carbocycles. The lowest BCUT2D eigenvalue weighted by atomic mass is 9.97. The Morgan fingerprint density at radius 2 is 2.24 bits per heavy atom. The van der Waals surface area contributed by atoms with E-state index in [1.807, 2.05) is 0 Å². The number of hydrogen-bond donors (Lipinski definition) is 1. The molecule has 17 heavy (non-hydrogen) atoms. The SMILES string of the molecule is CCC1(C(=O)O)CC1C(=O)c1csc(Cl)c1Cl. The van der Waals surface area contributed by atoms with Gasteiger partial charge in [0.1, 0.15) is 4.34 Å². The van der Waals surface area contributed by atoms with Crippen LogP contribution in [0.25, 0.3) is 0 Å². The molecule has 2 unspecified atom stereocenters. The van der Waals surface area contributed by atoms with Crippen LogP contribution in [0.4, 0.5) is 0 Å². The van der Waals surface area contributed by atoms with Crippen LogP contribution in [0.3, 0.4) is 0 Å². The van der Waals surface area contributed by atoms with Crippen LogP contribution in [0.1, 0.15) is 30.1 Å². The smallest absolute Gasteiger partial charge is 0.310 e. The van der Waals surface area contributed by atoms with E-state index in [1.54, 1.807) is 12.3 Å². The Hall–Kier alpha value is -0.580. The first kappa shape index (κ1) is 12.9. The molecule has 1 aliphatic carbocycles. The number of Topliss-reactive ketones (excluding diaryl/α,β-unsaturated/α-hetero) is 1. The van der Waals surface area contributed by atoms with Gasteiger partial charge >= 0.3 is 5.97 Å². The summed E-state index contributed by atoms with van der Waals surface area (Å²) in [4.78, 5) is 23.3. The van der Waals surface area contributed by atoms with Gasteiger partial charge in [-0.3, -0.25) is 9.59 Å². The number of rotatable bonds is 4. The second kappa shape index (κ2) is 4.26. The number of ketones is 1. The number of carboxylic acids is 1. The fourth-order valence-corrected chi connectivity index (χ4v) is 3.35. The van der Waals surface area contributed by atoms with Crippen LogP contribution in [0.2, 0.25) is 9.36 Å². The molecule has 1 heterocycles. The van der Waals surface area contributed by atoms with E-state index >= 15 is 0 Å². The molecule has 0 bridgehead atoms. The summed E-state index contributed by atoms with van der Waals surface area (Å²) in [6.07, 6.45) is 0.843. The second-order valence-electron chi connectivity index (χ2n) is 4.17. The van der Waals surface area contributed by atoms with Gasteiger partial charge in [0.05, 0.1) is 10.4 Å². The van der Waals surface area contributed by atoms with Crippen LogP contribution in [0.15, 0.2) is 5.38 Å². The molecular weight excluding hydrogens is 283 g/mol. The average Bonchev–Trinajstić information content (AvgIpc) is 2.96. The van der Waals surface area contributed by atoms with Crippen molar-refractivity contribution < 1.29 is 14.7 Å². The van der Waals surface area contributed by atoms with E-state index < -0.39 is 17.3 Å². The van der Waals surface area contributed by atoms with Crippen LogP contribution < -0.4 is 0 Å². The summed E-state index contributed by atoms with van der Waals surface area (Å²) in [6, 6.07) is 0. The van der Waals surface area contributed by atoms with Crippen molar-refractivity contribution in [2.75, 3.05) is 0 Å². The molecule has 0 saturated heterocycles. The van der Waals surface area contributed by atoms with Crippen molar-refractivity contribution in [1.82, 2.24) is 0 Å². The maximum Gasteiger partial charge on any atom is 0.310 e. The van der Waals surface area contributed by atoms with E-state index in [9.17, 15) is 9.59 Å². The highest BCUT2D eigenvalue weighted by atomic mass is 35.5. The van der Waals surface area contributed by atoms with Crippen LogP contribution in [-0.4, -0.2) is 16.9 Å². The fourth-order valence-electron chi connectivity index (χ4n) is 2.10. The molecule has 2 atom stereocenters. The molecule has 0 amide bonds. The predicted octanol–water partition coefficient (Wildman–Crippen LogP) is 3.74. The summed E-state index contributed by atoms with van der Waals surface area (Å²) in [5, 5.41) is 11.0. The quantitative estimate of drug-likeness (QED) is 0.860. The number of carbonyl (C=O) groups excluding carboxylic acids is 1. The van der Waals surface area contributed by atoms with Gasteiger partial charge in [-0.05, 0) is 12.8 Å². The maximum absolute atomic E-state index is 12.1. The van der Waals surface area contributed by atoms with Gasteiger partial charge in [0.15, 0.2) is 5.78 Å². The predicted molar refractivity (Wildman–Crippen MR) is 67.1 cm³/mol. The summed E-state index contributed by atoms with van der Waals surface area (Å²) in [7, 11) is 0. The number of aliphatic carboxylic acids is 1. The van der Waals surface area contributed by atoms with E-state index in [1.165, 1.54) is 11.3 Å². The van der Waals surface area contributed by atoms with E-state index in [-0.39, 0.29) is 10.8 Å². The molecule has 1 aliphatic rings. The summed E-state index contributed by atoms with van der Waals surface area (Å²) in [5.41, 5.74) is -0.544. The van der Waals surface area contributed by atoms with Gasteiger partial charge in [0, 0.05) is 16.9 Å². The standard InChI is InChI=1S/C11H10Cl2O3S/c1-2-11(10(15)16)3-6(11)8(14)5-4-17-9(13)7(5)12/h4,6H,2-3H2,1H3,(H,15,16). The van der Waals surface area contributed by atoms with Gasteiger partial charge < -0.3 is 5.11 Å². The number of halogens is 2. The highest BCUT2D eigenvalue weighted by molar-refractivity contribution is 7.15. The Morgan fingerprint density at radius 1 is 1.59 bits per heavy atom. The van der Waals surface area contributed by atoms with E-state index in [0.29, 0.717) is 22.7 Å². The molecule has 1 aromatic rings. The van der Waals surface area contributed by atoms with E-state index in [4.69, 9.17) is 28.3 Å². The van der Waals surface area contributed by atoms with Crippen LogP contribution >= 0.6 is 34.5 Å². The largest absolute Gasteiger partial charge is 0.481 e. The van der Waals surface area contributed by atoms with Crippen molar-refractivity contribution in [1.29, 1.82) is 0 Å². The second-order valence-corrected chi connectivity index (χ2v) is 6.03. The van der Waals surface area contributed by atoms with Crippen molar-refractivity contribution in [3.63, 3.8) is 0 Å². The Balaban J connectivity index is 2.25. The molecule has 1 N–H and O–H groups in total. The summed E-state index contributed by atoms with van der Waals surface area (Å²) in [6.45, 7) is 1.78. The van der Waals surface area contributed by atoms with Crippen molar-refractivity contribution in [3.8, 4) is 0 Å². The first-order chi connectivity index (χ1) is 7.94. The minimum absolute atomic E-state index is 0.206. The van der Waals surface area contributed by atoms with Gasteiger partial charge in [0.2, 0.25) is 0 Å². The Labute approximate surface area is 112 Å². The maximum atomic E-state index is 12.1. The molecule has 3 nitrogen and oxygen atoms in total. The molecule has 0 aliphatic heterocycles. The average molecular weight is 293 g/mol. The van der Waals surface area contributed by atoms with E-state index in [0.717, 1.165) is 0 Å². The molecule has 2 rings (SSSR count). The number of thiophene rings is 1. The third kappa shape index (κ3) is 1.88. The zero-order valence-corrected chi connectivity index (χ0v) is 11.3. The number of hydrogen-bond acceptors (Lipinski definition) is 3. The fraction of sp³-hybridized carbons (Fsp3) is 0.455. The normalized spacial score (nSPS) is 26.9. The van der Waals surface area contributed by atoms with Crippen molar-refractivity contribution in [2.45, 2.75) is 19.8 Å². The molecule has 0 radical (unpaired) electrons. The van der Waals surface area contributed by atoms with Crippen molar-refractivity contribution in [3.05, 3.63) is 20.3 Å². The van der Waals surface area contributed by atoms with Crippen LogP contribution in [0.5, 0.6) is 0 Å². The monoisotopic (exact) mass is 292 g/mol. The zero-order chi connectivity index (χ0) is 12.8. The minimum Gasteiger partial charge on any atom is -0.481 e. The third-order valence-corrected chi connectivity index (χ3v) is 5.23. The molecule has 1 saturated carbocycles. The number of carboxylic acid groups (broad SMARTS) is 1. The van der Waals surface area contributed by atoms with E-state index in [2.05, 4.69) is 0 Å². The molecule has 6 heteroatoms. The Bertz CT molecular complexity index is 497. The lowest BCUT2D eigenvalue weighted by molar-refractivity contribution is -0.143. The van der Waals surface area contributed by atoms with Gasteiger partial charge in [-0.15, -0.1) is 11.3 Å². The highest BCUT2D eigenvalue weighted by Gasteiger charge is 2.62. The zero-order valence-electron chi connectivity index (χ0n) is 9.00. The molecule has 92 valence electrons. The Kier molecular flexibility index (Phi) is 3.23. The van der Waals surface area contributed by atoms with Gasteiger partial charge in [-0.25, -0.2) is 0 Å². The first-order valence-corrected chi connectivity index (χ1v) is 6.77. The molecule has 1 aromatic heterocycles. The minimum atomic E-state index is -0.907. The van der Waals surface area contributed by atoms with Crippen molar-refractivity contribution >= 4 is 46.3 Å². The third-order valence-electron chi connectivity index (χ3n) is 3.40. The van der Waals surface area contributed by atoms with Crippen molar-refractivity contribution in [2.24, 2.45) is 11.3 Å². The molecular formula is C11H10Cl2O3S. The Morgan fingerprint density at radius 3 is 2.59 bits per heavy atom.